The van der Waals surface area contributed by atoms with Crippen molar-refractivity contribution in [2.24, 2.45) is 0 Å². The molecule has 2 aliphatic rings. The van der Waals surface area contributed by atoms with E-state index in [2.05, 4.69) is 22.5 Å². The van der Waals surface area contributed by atoms with Crippen LogP contribution in [-0.2, 0) is 0 Å². The molecule has 2 heterocycles. The van der Waals surface area contributed by atoms with Crippen molar-refractivity contribution in [3.8, 4) is 0 Å². The molecule has 1 aromatic carbocycles. The van der Waals surface area contributed by atoms with Gasteiger partial charge in [0, 0.05) is 36.9 Å². The van der Waals surface area contributed by atoms with Gasteiger partial charge in [0.25, 0.3) is 5.91 Å². The summed E-state index contributed by atoms with van der Waals surface area (Å²) in [6.45, 7) is 4.55. The van der Waals surface area contributed by atoms with Crippen LogP contribution in [0.3, 0.4) is 0 Å². The van der Waals surface area contributed by atoms with Crippen molar-refractivity contribution in [2.75, 3.05) is 25.5 Å². The molecule has 2 N–H and O–H groups in total. The molecule has 2 aliphatic heterocycles. The first-order valence-electron chi connectivity index (χ1n) is 8.02. The van der Waals surface area contributed by atoms with Gasteiger partial charge in [-0.15, -0.1) is 0 Å². The molecule has 3 rings (SSSR count). The van der Waals surface area contributed by atoms with Crippen LogP contribution in [-0.4, -0.2) is 43.0 Å². The molecule has 114 valence electrons. The molecule has 4 nitrogen and oxygen atoms in total. The maximum Gasteiger partial charge on any atom is 0.251 e. The van der Waals surface area contributed by atoms with E-state index in [1.807, 2.05) is 18.2 Å². The molecule has 0 bridgehead atoms. The van der Waals surface area contributed by atoms with E-state index in [1.54, 1.807) is 7.05 Å². The number of hydrogen-bond donors (Lipinski definition) is 2. The number of nitrogens with one attached hydrogen (secondary N) is 2. The second-order valence-electron chi connectivity index (χ2n) is 6.25. The van der Waals surface area contributed by atoms with Crippen LogP contribution in [0.15, 0.2) is 18.2 Å². The van der Waals surface area contributed by atoms with Crippen LogP contribution in [0, 0.1) is 6.92 Å². The highest BCUT2D eigenvalue weighted by Gasteiger charge is 2.35. The Kier molecular flexibility index (Phi) is 4.15. The number of hydrogen-bond acceptors (Lipinski definition) is 3. The number of anilines is 1. The number of nitrogens with zero attached hydrogens (tertiary/aromatic N) is 1. The Hall–Kier alpha value is -1.55. The van der Waals surface area contributed by atoms with Crippen molar-refractivity contribution in [1.82, 2.24) is 10.2 Å². The van der Waals surface area contributed by atoms with Gasteiger partial charge in [-0.2, -0.15) is 0 Å². The Labute approximate surface area is 126 Å². The first-order valence-corrected chi connectivity index (χ1v) is 8.02. The summed E-state index contributed by atoms with van der Waals surface area (Å²) in [6, 6.07) is 7.16. The second kappa shape index (κ2) is 6.06. The predicted molar refractivity (Wildman–Crippen MR) is 85.8 cm³/mol. The van der Waals surface area contributed by atoms with Gasteiger partial charge in [-0.1, -0.05) is 6.42 Å². The van der Waals surface area contributed by atoms with Gasteiger partial charge in [-0.05, 0) is 56.5 Å². The average Bonchev–Trinajstić information content (AvgIpc) is 2.92. The van der Waals surface area contributed by atoms with Crippen LogP contribution in [0.5, 0.6) is 0 Å². The lowest BCUT2D eigenvalue weighted by atomic mass is 9.98. The fourth-order valence-corrected chi connectivity index (χ4v) is 3.73. The summed E-state index contributed by atoms with van der Waals surface area (Å²) >= 11 is 0. The Balaban J connectivity index is 1.71. The van der Waals surface area contributed by atoms with E-state index in [1.165, 1.54) is 44.5 Å². The normalized spacial score (nSPS) is 25.4. The molecule has 21 heavy (non-hydrogen) atoms. The number of aryl methyl sites for hydroxylation is 1. The molecule has 0 saturated carbocycles. The van der Waals surface area contributed by atoms with Crippen LogP contribution >= 0.6 is 0 Å². The third-order valence-corrected chi connectivity index (χ3v) is 4.91. The van der Waals surface area contributed by atoms with Crippen molar-refractivity contribution in [1.29, 1.82) is 0 Å². The van der Waals surface area contributed by atoms with Crippen molar-refractivity contribution in [2.45, 2.75) is 44.7 Å². The van der Waals surface area contributed by atoms with Crippen LogP contribution in [0.2, 0.25) is 0 Å². The standard InChI is InChI=1S/C17H25N3O/c1-12-11-13(17(21)18-2)6-7-14(12)19-15-8-10-20-9-4-3-5-16(15)20/h6-7,11,15-16,19H,3-5,8-10H2,1-2H3,(H,18,21). The number of benzene rings is 1. The third kappa shape index (κ3) is 2.91. The Morgan fingerprint density at radius 2 is 2.10 bits per heavy atom. The van der Waals surface area contributed by atoms with Crippen molar-refractivity contribution < 1.29 is 4.79 Å². The predicted octanol–water partition coefficient (Wildman–Crippen LogP) is 2.39. The van der Waals surface area contributed by atoms with Crippen molar-refractivity contribution in [3.63, 3.8) is 0 Å². The zero-order valence-electron chi connectivity index (χ0n) is 13.0. The summed E-state index contributed by atoms with van der Waals surface area (Å²) < 4.78 is 0. The van der Waals surface area contributed by atoms with Crippen LogP contribution < -0.4 is 10.6 Å². The van der Waals surface area contributed by atoms with Gasteiger partial charge >= 0.3 is 0 Å². The monoisotopic (exact) mass is 287 g/mol. The maximum atomic E-state index is 11.7. The summed E-state index contributed by atoms with van der Waals surface area (Å²) in [5, 5.41) is 6.39. The zero-order chi connectivity index (χ0) is 14.8. The Morgan fingerprint density at radius 1 is 1.24 bits per heavy atom. The van der Waals surface area contributed by atoms with Crippen molar-refractivity contribution in [3.05, 3.63) is 29.3 Å². The van der Waals surface area contributed by atoms with E-state index in [-0.39, 0.29) is 5.91 Å². The first-order chi connectivity index (χ1) is 10.2. The van der Waals surface area contributed by atoms with Crippen LogP contribution in [0.4, 0.5) is 5.69 Å². The molecule has 0 aliphatic carbocycles. The van der Waals surface area contributed by atoms with Gasteiger partial charge in [0.2, 0.25) is 0 Å². The van der Waals surface area contributed by atoms with Gasteiger partial charge in [0.1, 0.15) is 0 Å². The summed E-state index contributed by atoms with van der Waals surface area (Å²) in [5.74, 6) is -0.0241. The van der Waals surface area contributed by atoms with E-state index < -0.39 is 0 Å². The van der Waals surface area contributed by atoms with E-state index in [0.717, 1.165) is 11.1 Å². The Morgan fingerprint density at radius 3 is 2.86 bits per heavy atom. The molecule has 4 heteroatoms. The number of carbonyl (C=O) groups excluding carboxylic acids is 1. The summed E-state index contributed by atoms with van der Waals surface area (Å²) in [5.41, 5.74) is 3.04. The van der Waals surface area contributed by atoms with E-state index in [4.69, 9.17) is 0 Å². The molecule has 2 fully saturated rings. The highest BCUT2D eigenvalue weighted by Crippen LogP contribution is 2.30. The highest BCUT2D eigenvalue weighted by atomic mass is 16.1. The topological polar surface area (TPSA) is 44.4 Å². The molecule has 1 aromatic rings. The van der Waals surface area contributed by atoms with E-state index >= 15 is 0 Å². The molecule has 2 saturated heterocycles. The number of carbonyl (C=O) groups is 1. The van der Waals surface area contributed by atoms with Gasteiger partial charge < -0.3 is 10.6 Å². The molecular weight excluding hydrogens is 262 g/mol. The highest BCUT2D eigenvalue weighted by molar-refractivity contribution is 5.94. The molecular formula is C17H25N3O. The van der Waals surface area contributed by atoms with Gasteiger partial charge in [0.05, 0.1) is 0 Å². The lowest BCUT2D eigenvalue weighted by Gasteiger charge is -2.33. The quantitative estimate of drug-likeness (QED) is 0.897. The van der Waals surface area contributed by atoms with E-state index in [0.29, 0.717) is 12.1 Å². The fourth-order valence-electron chi connectivity index (χ4n) is 3.73. The second-order valence-corrected chi connectivity index (χ2v) is 6.25. The Bertz CT molecular complexity index is 529. The minimum atomic E-state index is -0.0241. The molecule has 2 unspecified atom stereocenters. The van der Waals surface area contributed by atoms with Crippen LogP contribution in [0.25, 0.3) is 0 Å². The number of amides is 1. The van der Waals surface area contributed by atoms with Crippen LogP contribution in [0.1, 0.15) is 41.6 Å². The summed E-state index contributed by atoms with van der Waals surface area (Å²) in [7, 11) is 1.67. The van der Waals surface area contributed by atoms with Gasteiger partial charge in [-0.25, -0.2) is 0 Å². The summed E-state index contributed by atoms with van der Waals surface area (Å²) in [4.78, 5) is 14.3. The minimum Gasteiger partial charge on any atom is -0.380 e. The number of rotatable bonds is 3. The molecule has 0 aromatic heterocycles. The zero-order valence-corrected chi connectivity index (χ0v) is 13.0. The molecule has 2 atom stereocenters. The first kappa shape index (κ1) is 14.4. The van der Waals surface area contributed by atoms with Gasteiger partial charge in [-0.3, -0.25) is 9.69 Å². The lowest BCUT2D eigenvalue weighted by molar-refractivity contribution is 0.0963. The molecule has 1 amide bonds. The molecule has 0 radical (unpaired) electrons. The van der Waals surface area contributed by atoms with E-state index in [9.17, 15) is 4.79 Å². The van der Waals surface area contributed by atoms with Gasteiger partial charge in [0.15, 0.2) is 0 Å². The number of piperidine rings is 1. The average molecular weight is 287 g/mol. The third-order valence-electron chi connectivity index (χ3n) is 4.91. The smallest absolute Gasteiger partial charge is 0.251 e. The maximum absolute atomic E-state index is 11.7. The molecule has 0 spiro atoms. The fraction of sp³-hybridized carbons (Fsp3) is 0.588. The summed E-state index contributed by atoms with van der Waals surface area (Å²) in [6.07, 6.45) is 5.24. The minimum absolute atomic E-state index is 0.0241. The SMILES string of the molecule is CNC(=O)c1ccc(NC2CCN3CCCCC23)c(C)c1. The number of fused-ring (bicyclic) bond motifs is 1. The largest absolute Gasteiger partial charge is 0.380 e. The van der Waals surface area contributed by atoms with Crippen molar-refractivity contribution >= 4 is 11.6 Å². The lowest BCUT2D eigenvalue weighted by Crippen LogP contribution is -2.41.